The predicted molar refractivity (Wildman–Crippen MR) is 64.7 cm³/mol. The van der Waals surface area contributed by atoms with E-state index in [9.17, 15) is 0 Å². The molecule has 0 unspecified atom stereocenters. The van der Waals surface area contributed by atoms with Crippen molar-refractivity contribution in [1.82, 2.24) is 9.80 Å². The second-order valence-electron chi connectivity index (χ2n) is 5.18. The van der Waals surface area contributed by atoms with Crippen molar-refractivity contribution in [2.24, 2.45) is 11.8 Å². The van der Waals surface area contributed by atoms with E-state index >= 15 is 0 Å². The molecule has 4 heteroatoms. The number of hydrogen-bond acceptors (Lipinski definition) is 4. The Morgan fingerprint density at radius 3 is 1.41 bits per heavy atom. The lowest BCUT2D eigenvalue weighted by Crippen LogP contribution is -2.45. The summed E-state index contributed by atoms with van der Waals surface area (Å²) >= 11 is 0. The fourth-order valence-corrected chi connectivity index (χ4v) is 2.69. The van der Waals surface area contributed by atoms with Crippen LogP contribution in [0.5, 0.6) is 0 Å². The van der Waals surface area contributed by atoms with E-state index in [1.165, 1.54) is 0 Å². The standard InChI is InChI=1S/C13H20N4/c14-9-12-1-5-16(6-2-12)11-17-7-3-13(10-15)4-8-17/h12-13H,1-8,11H2. The molecule has 0 N–H and O–H groups in total. The van der Waals surface area contributed by atoms with Crippen LogP contribution in [0.15, 0.2) is 0 Å². The molecule has 0 bridgehead atoms. The number of nitriles is 2. The van der Waals surface area contributed by atoms with Crippen LogP contribution in [0, 0.1) is 34.5 Å². The maximum absolute atomic E-state index is 8.85. The molecule has 17 heavy (non-hydrogen) atoms. The first kappa shape index (κ1) is 12.4. The molecule has 2 rings (SSSR count). The Bertz CT molecular complexity index is 279. The van der Waals surface area contributed by atoms with Gasteiger partial charge in [-0.2, -0.15) is 10.5 Å². The lowest BCUT2D eigenvalue weighted by Gasteiger charge is -2.36. The molecule has 0 atom stereocenters. The molecule has 0 aromatic rings. The zero-order chi connectivity index (χ0) is 12.1. The molecule has 2 aliphatic heterocycles. The molecule has 0 aromatic heterocycles. The summed E-state index contributed by atoms with van der Waals surface area (Å²) in [5.74, 6) is 0.547. The molecule has 0 saturated carbocycles. The summed E-state index contributed by atoms with van der Waals surface area (Å²) < 4.78 is 0. The van der Waals surface area contributed by atoms with Crippen LogP contribution < -0.4 is 0 Å². The highest BCUT2D eigenvalue weighted by atomic mass is 15.3. The topological polar surface area (TPSA) is 54.1 Å². The Hall–Kier alpha value is -1.10. The van der Waals surface area contributed by atoms with E-state index < -0.39 is 0 Å². The molecule has 2 fully saturated rings. The van der Waals surface area contributed by atoms with Gasteiger partial charge in [0, 0.05) is 38.0 Å². The van der Waals surface area contributed by atoms with Crippen LogP contribution in [0.2, 0.25) is 0 Å². The van der Waals surface area contributed by atoms with Gasteiger partial charge in [0.25, 0.3) is 0 Å². The average molecular weight is 232 g/mol. The van der Waals surface area contributed by atoms with Gasteiger partial charge in [-0.3, -0.25) is 9.80 Å². The molecule has 4 nitrogen and oxygen atoms in total. The van der Waals surface area contributed by atoms with Gasteiger partial charge in [-0.25, -0.2) is 0 Å². The third-order valence-corrected chi connectivity index (χ3v) is 3.94. The highest BCUT2D eigenvalue weighted by Gasteiger charge is 2.23. The third-order valence-electron chi connectivity index (χ3n) is 3.94. The molecular formula is C13H20N4. The zero-order valence-electron chi connectivity index (χ0n) is 10.3. The summed E-state index contributed by atoms with van der Waals surface area (Å²) in [6.07, 6.45) is 4.08. The normalized spacial score (nSPS) is 25.3. The van der Waals surface area contributed by atoms with E-state index in [2.05, 4.69) is 21.9 Å². The third kappa shape index (κ3) is 3.43. The summed E-state index contributed by atoms with van der Waals surface area (Å²) in [5, 5.41) is 17.7. The molecule has 2 heterocycles. The lowest BCUT2D eigenvalue weighted by molar-refractivity contribution is 0.0834. The van der Waals surface area contributed by atoms with Crippen LogP contribution in [0.3, 0.4) is 0 Å². The highest BCUT2D eigenvalue weighted by Crippen LogP contribution is 2.19. The molecule has 92 valence electrons. The number of rotatable bonds is 2. The van der Waals surface area contributed by atoms with Gasteiger partial charge < -0.3 is 0 Å². The van der Waals surface area contributed by atoms with E-state index in [4.69, 9.17) is 10.5 Å². The summed E-state index contributed by atoms with van der Waals surface area (Å²) in [4.78, 5) is 4.89. The average Bonchev–Trinajstić information content (AvgIpc) is 2.40. The van der Waals surface area contributed by atoms with Crippen molar-refractivity contribution in [3.05, 3.63) is 0 Å². The van der Waals surface area contributed by atoms with Crippen molar-refractivity contribution >= 4 is 0 Å². The largest absolute Gasteiger partial charge is 0.290 e. The van der Waals surface area contributed by atoms with Crippen LogP contribution in [0.4, 0.5) is 0 Å². The fraction of sp³-hybridized carbons (Fsp3) is 0.846. The van der Waals surface area contributed by atoms with E-state index in [1.807, 2.05) is 0 Å². The minimum atomic E-state index is 0.274. The minimum Gasteiger partial charge on any atom is -0.290 e. The van der Waals surface area contributed by atoms with Gasteiger partial charge in [-0.1, -0.05) is 0 Å². The van der Waals surface area contributed by atoms with Crippen molar-refractivity contribution in [3.63, 3.8) is 0 Å². The lowest BCUT2D eigenvalue weighted by atomic mass is 9.98. The number of nitrogens with zero attached hydrogens (tertiary/aromatic N) is 4. The van der Waals surface area contributed by atoms with Crippen LogP contribution in [-0.2, 0) is 0 Å². The van der Waals surface area contributed by atoms with Gasteiger partial charge >= 0.3 is 0 Å². The van der Waals surface area contributed by atoms with Crippen LogP contribution in [0.1, 0.15) is 25.7 Å². The summed E-state index contributed by atoms with van der Waals surface area (Å²) in [6, 6.07) is 4.73. The van der Waals surface area contributed by atoms with Gasteiger partial charge in [0.05, 0.1) is 18.8 Å². The molecule has 0 spiro atoms. The second kappa shape index (κ2) is 6.00. The molecule has 2 saturated heterocycles. The predicted octanol–water partition coefficient (Wildman–Crippen LogP) is 1.42. The van der Waals surface area contributed by atoms with Gasteiger partial charge in [0.2, 0.25) is 0 Å². The summed E-state index contributed by atoms with van der Waals surface area (Å²) in [5.41, 5.74) is 0. The highest BCUT2D eigenvalue weighted by molar-refractivity contribution is 4.89. The van der Waals surface area contributed by atoms with Crippen LogP contribution >= 0.6 is 0 Å². The van der Waals surface area contributed by atoms with E-state index in [0.717, 1.165) is 58.5 Å². The Morgan fingerprint density at radius 1 is 0.765 bits per heavy atom. The van der Waals surface area contributed by atoms with Crippen molar-refractivity contribution in [1.29, 1.82) is 10.5 Å². The van der Waals surface area contributed by atoms with Gasteiger partial charge in [0.1, 0.15) is 0 Å². The summed E-state index contributed by atoms with van der Waals surface area (Å²) in [6.45, 7) is 5.23. The van der Waals surface area contributed by atoms with Gasteiger partial charge in [-0.15, -0.1) is 0 Å². The van der Waals surface area contributed by atoms with Crippen molar-refractivity contribution in [3.8, 4) is 12.1 Å². The van der Waals surface area contributed by atoms with Crippen LogP contribution in [-0.4, -0.2) is 42.6 Å². The first-order valence-electron chi connectivity index (χ1n) is 6.55. The first-order chi connectivity index (χ1) is 8.31. The Balaban J connectivity index is 1.69. The fourth-order valence-electron chi connectivity index (χ4n) is 2.69. The van der Waals surface area contributed by atoms with E-state index in [1.54, 1.807) is 0 Å². The van der Waals surface area contributed by atoms with E-state index in [-0.39, 0.29) is 11.8 Å². The Morgan fingerprint density at radius 2 is 1.12 bits per heavy atom. The zero-order valence-corrected chi connectivity index (χ0v) is 10.3. The molecule has 0 amide bonds. The first-order valence-corrected chi connectivity index (χ1v) is 6.55. The molecule has 2 aliphatic rings. The Labute approximate surface area is 103 Å². The number of piperidine rings is 2. The molecule has 0 aromatic carbocycles. The van der Waals surface area contributed by atoms with Crippen molar-refractivity contribution in [2.75, 3.05) is 32.8 Å². The Kier molecular flexibility index (Phi) is 4.36. The SMILES string of the molecule is N#CC1CCN(CN2CCC(C#N)CC2)CC1. The monoisotopic (exact) mass is 232 g/mol. The van der Waals surface area contributed by atoms with E-state index in [0.29, 0.717) is 0 Å². The van der Waals surface area contributed by atoms with Crippen LogP contribution in [0.25, 0.3) is 0 Å². The molecule has 0 aliphatic carbocycles. The maximum Gasteiger partial charge on any atom is 0.0656 e. The number of hydrogen-bond donors (Lipinski definition) is 0. The quantitative estimate of drug-likeness (QED) is 0.722. The van der Waals surface area contributed by atoms with Crippen molar-refractivity contribution in [2.45, 2.75) is 25.7 Å². The molecular weight excluding hydrogens is 212 g/mol. The smallest absolute Gasteiger partial charge is 0.0656 e. The second-order valence-corrected chi connectivity index (χ2v) is 5.18. The summed E-state index contributed by atoms with van der Waals surface area (Å²) in [7, 11) is 0. The van der Waals surface area contributed by atoms with Gasteiger partial charge in [-0.05, 0) is 25.7 Å². The minimum absolute atomic E-state index is 0.274. The maximum atomic E-state index is 8.85. The molecule has 0 radical (unpaired) electrons. The van der Waals surface area contributed by atoms with Gasteiger partial charge in [0.15, 0.2) is 0 Å². The van der Waals surface area contributed by atoms with Crippen molar-refractivity contribution < 1.29 is 0 Å². The number of likely N-dealkylation sites (tertiary alicyclic amines) is 2.